The lowest BCUT2D eigenvalue weighted by Gasteiger charge is -2.27. The van der Waals surface area contributed by atoms with Crippen molar-refractivity contribution < 1.29 is 14.7 Å². The zero-order valence-corrected chi connectivity index (χ0v) is 9.95. The Morgan fingerprint density at radius 1 is 1.06 bits per heavy atom. The molecule has 3 fully saturated rings. The number of hydrogen-bond donors (Lipinski definition) is 2. The Balaban J connectivity index is 1.64. The molecule has 0 aromatic heterocycles. The van der Waals surface area contributed by atoms with Crippen LogP contribution in [0.2, 0.25) is 0 Å². The van der Waals surface area contributed by atoms with E-state index in [4.69, 9.17) is 0 Å². The van der Waals surface area contributed by atoms with Crippen molar-refractivity contribution in [1.82, 2.24) is 5.32 Å². The number of aliphatic carboxylic acids is 1. The number of hydrogen-bond acceptors (Lipinski definition) is 2. The summed E-state index contributed by atoms with van der Waals surface area (Å²) in [5.41, 5.74) is -0.955. The third kappa shape index (κ3) is 1.83. The average molecular weight is 237 g/mol. The van der Waals surface area contributed by atoms with Crippen molar-refractivity contribution >= 4 is 11.9 Å². The maximum atomic E-state index is 12.1. The standard InChI is InChI=1S/C13H19NO3/c15-11(10-6-8-5-9(8)7-10)14-13(12(16)17)3-1-2-4-13/h8-10H,1-7H2,(H,14,15)(H,16,17). The highest BCUT2D eigenvalue weighted by molar-refractivity contribution is 5.88. The molecular formula is C13H19NO3. The lowest BCUT2D eigenvalue weighted by Crippen LogP contribution is -2.54. The van der Waals surface area contributed by atoms with E-state index < -0.39 is 11.5 Å². The Morgan fingerprint density at radius 2 is 1.65 bits per heavy atom. The molecule has 0 aromatic carbocycles. The van der Waals surface area contributed by atoms with E-state index in [1.165, 1.54) is 6.42 Å². The molecule has 17 heavy (non-hydrogen) atoms. The fourth-order valence-electron chi connectivity index (χ4n) is 3.64. The summed E-state index contributed by atoms with van der Waals surface area (Å²) in [6, 6.07) is 0. The van der Waals surface area contributed by atoms with Crippen molar-refractivity contribution in [2.24, 2.45) is 17.8 Å². The third-order valence-corrected chi connectivity index (χ3v) is 4.84. The Morgan fingerprint density at radius 3 is 2.18 bits per heavy atom. The molecule has 2 unspecified atom stereocenters. The maximum Gasteiger partial charge on any atom is 0.329 e. The van der Waals surface area contributed by atoms with Gasteiger partial charge in [0, 0.05) is 5.92 Å². The summed E-state index contributed by atoms with van der Waals surface area (Å²) in [4.78, 5) is 23.4. The monoisotopic (exact) mass is 237 g/mol. The summed E-state index contributed by atoms with van der Waals surface area (Å²) in [5, 5.41) is 12.1. The molecule has 2 atom stereocenters. The molecule has 4 nitrogen and oxygen atoms in total. The van der Waals surface area contributed by atoms with E-state index in [0.717, 1.165) is 37.5 Å². The molecule has 2 N–H and O–H groups in total. The second kappa shape index (κ2) is 3.72. The first-order chi connectivity index (χ1) is 8.11. The van der Waals surface area contributed by atoms with Gasteiger partial charge in [0.2, 0.25) is 5.91 Å². The van der Waals surface area contributed by atoms with Crippen LogP contribution in [0.3, 0.4) is 0 Å². The van der Waals surface area contributed by atoms with E-state index in [0.29, 0.717) is 12.8 Å². The molecule has 3 rings (SSSR count). The van der Waals surface area contributed by atoms with E-state index in [2.05, 4.69) is 5.32 Å². The molecule has 0 saturated heterocycles. The van der Waals surface area contributed by atoms with E-state index in [1.807, 2.05) is 0 Å². The van der Waals surface area contributed by atoms with Crippen LogP contribution in [-0.2, 0) is 9.59 Å². The quantitative estimate of drug-likeness (QED) is 0.782. The Hall–Kier alpha value is -1.06. The first kappa shape index (κ1) is 11.1. The van der Waals surface area contributed by atoms with Crippen LogP contribution in [0.4, 0.5) is 0 Å². The zero-order chi connectivity index (χ0) is 12.0. The largest absolute Gasteiger partial charge is 0.480 e. The Kier molecular flexibility index (Phi) is 2.42. The second-order valence-corrected chi connectivity index (χ2v) is 6.01. The van der Waals surface area contributed by atoms with Gasteiger partial charge in [0.05, 0.1) is 0 Å². The van der Waals surface area contributed by atoms with Crippen LogP contribution in [0.15, 0.2) is 0 Å². The molecular weight excluding hydrogens is 218 g/mol. The molecule has 3 aliphatic carbocycles. The minimum atomic E-state index is -0.955. The van der Waals surface area contributed by atoms with Gasteiger partial charge < -0.3 is 10.4 Å². The van der Waals surface area contributed by atoms with E-state index in [1.54, 1.807) is 0 Å². The first-order valence-corrected chi connectivity index (χ1v) is 6.66. The molecule has 0 aromatic rings. The molecule has 3 saturated carbocycles. The molecule has 0 bridgehead atoms. The lowest BCUT2D eigenvalue weighted by molar-refractivity contribution is -0.148. The lowest BCUT2D eigenvalue weighted by atomic mass is 9.95. The van der Waals surface area contributed by atoms with E-state index in [-0.39, 0.29) is 11.8 Å². The summed E-state index contributed by atoms with van der Waals surface area (Å²) >= 11 is 0. The Bertz CT molecular complexity index is 350. The number of amides is 1. The van der Waals surface area contributed by atoms with Gasteiger partial charge in [-0.05, 0) is 43.9 Å². The van der Waals surface area contributed by atoms with Crippen molar-refractivity contribution in [3.63, 3.8) is 0 Å². The minimum Gasteiger partial charge on any atom is -0.480 e. The van der Waals surface area contributed by atoms with Crippen molar-refractivity contribution in [3.8, 4) is 0 Å². The van der Waals surface area contributed by atoms with Crippen LogP contribution < -0.4 is 5.32 Å². The molecule has 0 radical (unpaired) electrons. The number of fused-ring (bicyclic) bond motifs is 1. The number of nitrogens with one attached hydrogen (secondary N) is 1. The van der Waals surface area contributed by atoms with Gasteiger partial charge in [0.1, 0.15) is 5.54 Å². The van der Waals surface area contributed by atoms with Gasteiger partial charge in [-0.25, -0.2) is 4.79 Å². The summed E-state index contributed by atoms with van der Waals surface area (Å²) in [6.45, 7) is 0. The summed E-state index contributed by atoms with van der Waals surface area (Å²) in [5.74, 6) is 0.730. The number of carboxylic acids is 1. The van der Waals surface area contributed by atoms with Crippen LogP contribution in [0.1, 0.15) is 44.9 Å². The van der Waals surface area contributed by atoms with Crippen LogP contribution in [0, 0.1) is 17.8 Å². The highest BCUT2D eigenvalue weighted by Crippen LogP contribution is 2.54. The topological polar surface area (TPSA) is 66.4 Å². The summed E-state index contributed by atoms with van der Waals surface area (Å²) in [6.07, 6.45) is 6.23. The minimum absolute atomic E-state index is 0.0125. The SMILES string of the molecule is O=C(NC1(C(=O)O)CCCC1)C1CC2CC2C1. The molecule has 0 heterocycles. The van der Waals surface area contributed by atoms with Crippen LogP contribution >= 0.6 is 0 Å². The van der Waals surface area contributed by atoms with Crippen molar-refractivity contribution in [2.45, 2.75) is 50.5 Å². The third-order valence-electron chi connectivity index (χ3n) is 4.84. The van der Waals surface area contributed by atoms with Crippen molar-refractivity contribution in [2.75, 3.05) is 0 Å². The summed E-state index contributed by atoms with van der Waals surface area (Å²) < 4.78 is 0. The van der Waals surface area contributed by atoms with Gasteiger partial charge in [-0.3, -0.25) is 4.79 Å². The van der Waals surface area contributed by atoms with Gasteiger partial charge in [-0.2, -0.15) is 0 Å². The van der Waals surface area contributed by atoms with Crippen LogP contribution in [0.5, 0.6) is 0 Å². The van der Waals surface area contributed by atoms with Gasteiger partial charge in [0.15, 0.2) is 0 Å². The maximum absolute atomic E-state index is 12.1. The number of rotatable bonds is 3. The predicted molar refractivity (Wildman–Crippen MR) is 61.3 cm³/mol. The van der Waals surface area contributed by atoms with Crippen LogP contribution in [-0.4, -0.2) is 22.5 Å². The van der Waals surface area contributed by atoms with Gasteiger partial charge in [-0.1, -0.05) is 12.8 Å². The van der Waals surface area contributed by atoms with Crippen molar-refractivity contribution in [1.29, 1.82) is 0 Å². The molecule has 1 amide bonds. The van der Waals surface area contributed by atoms with Crippen LogP contribution in [0.25, 0.3) is 0 Å². The fraction of sp³-hybridized carbons (Fsp3) is 0.846. The van der Waals surface area contributed by atoms with Gasteiger partial charge in [-0.15, -0.1) is 0 Å². The first-order valence-electron chi connectivity index (χ1n) is 6.66. The van der Waals surface area contributed by atoms with Crippen molar-refractivity contribution in [3.05, 3.63) is 0 Å². The molecule has 4 heteroatoms. The highest BCUT2D eigenvalue weighted by atomic mass is 16.4. The normalized spacial score (nSPS) is 37.5. The molecule has 0 aliphatic heterocycles. The van der Waals surface area contributed by atoms with Gasteiger partial charge in [0.25, 0.3) is 0 Å². The molecule has 94 valence electrons. The van der Waals surface area contributed by atoms with E-state index in [9.17, 15) is 14.7 Å². The Labute approximate surface area is 101 Å². The second-order valence-electron chi connectivity index (χ2n) is 6.01. The number of carboxylic acid groups (broad SMARTS) is 1. The van der Waals surface area contributed by atoms with E-state index >= 15 is 0 Å². The average Bonchev–Trinajstić information content (AvgIpc) is 2.76. The fourth-order valence-corrected chi connectivity index (χ4v) is 3.64. The number of carbonyl (C=O) groups is 2. The molecule has 3 aliphatic rings. The summed E-state index contributed by atoms with van der Waals surface area (Å²) in [7, 11) is 0. The van der Waals surface area contributed by atoms with Gasteiger partial charge >= 0.3 is 5.97 Å². The highest BCUT2D eigenvalue weighted by Gasteiger charge is 2.50. The predicted octanol–water partition coefficient (Wildman–Crippen LogP) is 1.55. The smallest absolute Gasteiger partial charge is 0.329 e. The molecule has 0 spiro atoms. The zero-order valence-electron chi connectivity index (χ0n) is 9.95. The number of carbonyl (C=O) groups excluding carboxylic acids is 1.